The number of nitrogens with zero attached hydrogens (tertiary/aromatic N) is 3. The second-order valence-corrected chi connectivity index (χ2v) is 6.45. The van der Waals surface area contributed by atoms with Gasteiger partial charge >= 0.3 is 0 Å². The van der Waals surface area contributed by atoms with E-state index in [9.17, 15) is 0 Å². The smallest absolute Gasteiger partial charge is 0.191 e. The largest absolute Gasteiger partial charge is 0.356 e. The van der Waals surface area contributed by atoms with Gasteiger partial charge in [0.25, 0.3) is 0 Å². The average Bonchev–Trinajstić information content (AvgIpc) is 2.78. The molecule has 0 amide bonds. The third kappa shape index (κ3) is 4.65. The first kappa shape index (κ1) is 18.6. The maximum atomic E-state index is 6.18. The van der Waals surface area contributed by atoms with E-state index in [1.165, 1.54) is 11.3 Å². The minimum atomic E-state index is 0.584. The van der Waals surface area contributed by atoms with Gasteiger partial charge in [0.2, 0.25) is 0 Å². The number of aryl methyl sites for hydroxylation is 2. The van der Waals surface area contributed by atoms with E-state index >= 15 is 0 Å². The molecule has 5 nitrogen and oxygen atoms in total. The summed E-state index contributed by atoms with van der Waals surface area (Å²) in [5.74, 6) is 0.736. The van der Waals surface area contributed by atoms with E-state index in [4.69, 9.17) is 23.2 Å². The van der Waals surface area contributed by atoms with Crippen molar-refractivity contribution in [3.63, 3.8) is 0 Å². The average molecular weight is 368 g/mol. The molecule has 7 heteroatoms. The van der Waals surface area contributed by atoms with Crippen molar-refractivity contribution in [1.82, 2.24) is 20.4 Å². The first-order valence-corrected chi connectivity index (χ1v) is 8.55. The fourth-order valence-electron chi connectivity index (χ4n) is 2.55. The van der Waals surface area contributed by atoms with Gasteiger partial charge in [0.1, 0.15) is 0 Å². The molecular weight excluding hydrogens is 345 g/mol. The molecule has 0 aliphatic carbocycles. The van der Waals surface area contributed by atoms with Crippen molar-refractivity contribution in [3.05, 3.63) is 50.8 Å². The fraction of sp³-hybridized carbons (Fsp3) is 0.412. The van der Waals surface area contributed by atoms with Crippen LogP contribution in [0.4, 0.5) is 0 Å². The van der Waals surface area contributed by atoms with Crippen molar-refractivity contribution in [1.29, 1.82) is 0 Å². The molecule has 130 valence electrons. The van der Waals surface area contributed by atoms with E-state index in [2.05, 4.69) is 27.6 Å². The molecule has 0 saturated carbocycles. The maximum Gasteiger partial charge on any atom is 0.191 e. The molecule has 0 spiro atoms. The Labute approximate surface area is 153 Å². The minimum Gasteiger partial charge on any atom is -0.356 e. The van der Waals surface area contributed by atoms with Crippen LogP contribution in [0.1, 0.15) is 22.5 Å². The van der Waals surface area contributed by atoms with Crippen LogP contribution >= 0.6 is 23.2 Å². The van der Waals surface area contributed by atoms with Crippen molar-refractivity contribution in [2.24, 2.45) is 12.0 Å². The topological polar surface area (TPSA) is 54.2 Å². The van der Waals surface area contributed by atoms with Crippen LogP contribution < -0.4 is 10.6 Å². The molecule has 0 atom stereocenters. The van der Waals surface area contributed by atoms with Crippen LogP contribution in [0.2, 0.25) is 10.0 Å². The number of rotatable bonds is 5. The molecule has 2 rings (SSSR count). The quantitative estimate of drug-likeness (QED) is 0.629. The lowest BCUT2D eigenvalue weighted by atomic mass is 10.1. The molecule has 0 unspecified atom stereocenters. The Morgan fingerprint density at radius 2 is 2.00 bits per heavy atom. The molecule has 0 fully saturated rings. The van der Waals surface area contributed by atoms with Crippen LogP contribution in [0.5, 0.6) is 0 Å². The number of nitrogens with one attached hydrogen (secondary N) is 2. The van der Waals surface area contributed by atoms with Crippen LogP contribution in [0.3, 0.4) is 0 Å². The van der Waals surface area contributed by atoms with Gasteiger partial charge in [0.05, 0.1) is 5.69 Å². The summed E-state index contributed by atoms with van der Waals surface area (Å²) in [6.45, 7) is 5.49. The third-order valence-corrected chi connectivity index (χ3v) is 4.60. The first-order chi connectivity index (χ1) is 11.4. The molecule has 2 N–H and O–H groups in total. The molecule has 2 aromatic rings. The Morgan fingerprint density at radius 1 is 1.25 bits per heavy atom. The highest BCUT2D eigenvalue weighted by Gasteiger charge is 2.09. The van der Waals surface area contributed by atoms with Crippen LogP contribution in [0.15, 0.2) is 23.2 Å². The molecule has 0 saturated heterocycles. The summed E-state index contributed by atoms with van der Waals surface area (Å²) in [5.41, 5.74) is 4.53. The summed E-state index contributed by atoms with van der Waals surface area (Å²) in [6, 6.07) is 5.48. The van der Waals surface area contributed by atoms with Gasteiger partial charge in [-0.1, -0.05) is 29.3 Å². The summed E-state index contributed by atoms with van der Waals surface area (Å²) < 4.78 is 1.92. The lowest BCUT2D eigenvalue weighted by molar-refractivity contribution is 0.729. The zero-order valence-corrected chi connectivity index (χ0v) is 16.0. The van der Waals surface area contributed by atoms with E-state index < -0.39 is 0 Å². The Kier molecular flexibility index (Phi) is 6.52. The molecule has 24 heavy (non-hydrogen) atoms. The summed E-state index contributed by atoms with van der Waals surface area (Å²) in [5, 5.41) is 12.3. The zero-order valence-electron chi connectivity index (χ0n) is 14.5. The Morgan fingerprint density at radius 3 is 2.58 bits per heavy atom. The molecule has 0 bridgehead atoms. The van der Waals surface area contributed by atoms with E-state index in [0.29, 0.717) is 16.6 Å². The lowest BCUT2D eigenvalue weighted by Crippen LogP contribution is -2.38. The molecule has 0 aliphatic heterocycles. The maximum absolute atomic E-state index is 6.18. The lowest BCUT2D eigenvalue weighted by Gasteiger charge is -2.13. The van der Waals surface area contributed by atoms with E-state index in [-0.39, 0.29) is 0 Å². The van der Waals surface area contributed by atoms with Gasteiger partial charge in [-0.3, -0.25) is 9.67 Å². The van der Waals surface area contributed by atoms with E-state index in [1.54, 1.807) is 13.1 Å². The molecule has 1 aromatic carbocycles. The van der Waals surface area contributed by atoms with Crippen LogP contribution in [-0.2, 0) is 20.0 Å². The molecular formula is C17H23Cl2N5. The van der Waals surface area contributed by atoms with Crippen molar-refractivity contribution in [2.75, 3.05) is 13.6 Å². The number of guanidine groups is 1. The number of aliphatic imine (C=N–C) groups is 1. The van der Waals surface area contributed by atoms with Gasteiger partial charge in [-0.15, -0.1) is 0 Å². The molecule has 1 aromatic heterocycles. The van der Waals surface area contributed by atoms with E-state index in [0.717, 1.165) is 30.2 Å². The van der Waals surface area contributed by atoms with Gasteiger partial charge in [0, 0.05) is 42.9 Å². The third-order valence-electron chi connectivity index (χ3n) is 4.01. The number of aromatic nitrogens is 2. The number of hydrogen-bond donors (Lipinski definition) is 2. The summed E-state index contributed by atoms with van der Waals surface area (Å²) in [7, 11) is 3.72. The predicted molar refractivity (Wildman–Crippen MR) is 101 cm³/mol. The Bertz CT molecular complexity index is 737. The first-order valence-electron chi connectivity index (χ1n) is 7.80. The van der Waals surface area contributed by atoms with Crippen LogP contribution in [-0.4, -0.2) is 29.3 Å². The highest BCUT2D eigenvalue weighted by molar-refractivity contribution is 6.35. The van der Waals surface area contributed by atoms with Gasteiger partial charge in [-0.2, -0.15) is 5.10 Å². The predicted octanol–water partition coefficient (Wildman–Crippen LogP) is 3.25. The summed E-state index contributed by atoms with van der Waals surface area (Å²) in [4.78, 5) is 4.24. The summed E-state index contributed by atoms with van der Waals surface area (Å²) >= 11 is 12.1. The SMILES string of the molecule is CN=C(NCCc1c(C)nn(C)c1C)NCc1ccc(Cl)cc1Cl. The van der Waals surface area contributed by atoms with E-state index in [1.807, 2.05) is 30.8 Å². The molecule has 0 radical (unpaired) electrons. The molecule has 0 aliphatic rings. The Hall–Kier alpha value is -1.72. The monoisotopic (exact) mass is 367 g/mol. The highest BCUT2D eigenvalue weighted by atomic mass is 35.5. The van der Waals surface area contributed by atoms with Crippen molar-refractivity contribution in [3.8, 4) is 0 Å². The summed E-state index contributed by atoms with van der Waals surface area (Å²) in [6.07, 6.45) is 0.897. The number of benzene rings is 1. The normalized spacial score (nSPS) is 11.7. The second-order valence-electron chi connectivity index (χ2n) is 5.61. The zero-order chi connectivity index (χ0) is 17.7. The van der Waals surface area contributed by atoms with Crippen LogP contribution in [0.25, 0.3) is 0 Å². The fourth-order valence-corrected chi connectivity index (χ4v) is 3.03. The minimum absolute atomic E-state index is 0.584. The highest BCUT2D eigenvalue weighted by Crippen LogP contribution is 2.20. The standard InChI is InChI=1S/C17H23Cl2N5/c1-11-15(12(2)24(4)23-11)7-8-21-17(20-3)22-10-13-5-6-14(18)9-16(13)19/h5-6,9H,7-8,10H2,1-4H3,(H2,20,21,22). The van der Waals surface area contributed by atoms with Crippen molar-refractivity contribution >= 4 is 29.2 Å². The van der Waals surface area contributed by atoms with Crippen molar-refractivity contribution < 1.29 is 0 Å². The number of halogens is 2. The second kappa shape index (κ2) is 8.40. The van der Waals surface area contributed by atoms with Gasteiger partial charge in [0.15, 0.2) is 5.96 Å². The number of hydrogen-bond acceptors (Lipinski definition) is 2. The Balaban J connectivity index is 1.86. The van der Waals surface area contributed by atoms with Crippen molar-refractivity contribution in [2.45, 2.75) is 26.8 Å². The van der Waals surface area contributed by atoms with Gasteiger partial charge in [-0.05, 0) is 43.5 Å². The molecule has 1 heterocycles. The van der Waals surface area contributed by atoms with Gasteiger partial charge < -0.3 is 10.6 Å². The van der Waals surface area contributed by atoms with Crippen LogP contribution in [0, 0.1) is 13.8 Å². The van der Waals surface area contributed by atoms with Gasteiger partial charge in [-0.25, -0.2) is 0 Å².